The zero-order chi connectivity index (χ0) is 12.1. The molecule has 0 bridgehead atoms. The molecule has 0 aliphatic rings. The van der Waals surface area contributed by atoms with E-state index in [0.717, 1.165) is 0 Å². The van der Waals surface area contributed by atoms with Crippen LogP contribution < -0.4 is 11.1 Å². The van der Waals surface area contributed by atoms with Gasteiger partial charge in [-0.1, -0.05) is 0 Å². The van der Waals surface area contributed by atoms with E-state index in [2.05, 4.69) is 21.7 Å². The van der Waals surface area contributed by atoms with Crippen molar-refractivity contribution in [1.29, 1.82) is 0 Å². The van der Waals surface area contributed by atoms with E-state index >= 15 is 0 Å². The molecule has 90 valence electrons. The number of thiophene rings is 1. The Bertz CT molecular complexity index is 322. The largest absolute Gasteiger partial charge is 0.353 e. The fraction of sp³-hybridized carbons (Fsp3) is 0.545. The molecular weight excluding hydrogens is 222 g/mol. The third kappa shape index (κ3) is 3.59. The Morgan fingerprint density at radius 3 is 2.75 bits per heavy atom. The topological polar surface area (TPSA) is 58.4 Å². The van der Waals surface area contributed by atoms with Gasteiger partial charge >= 0.3 is 0 Å². The van der Waals surface area contributed by atoms with Crippen LogP contribution in [0.15, 0.2) is 16.8 Å². The first-order chi connectivity index (χ1) is 7.52. The second-order valence-corrected chi connectivity index (χ2v) is 4.85. The van der Waals surface area contributed by atoms with Crippen LogP contribution in [0.25, 0.3) is 0 Å². The van der Waals surface area contributed by atoms with Crippen LogP contribution in [-0.2, 0) is 4.79 Å². The van der Waals surface area contributed by atoms with E-state index in [1.165, 1.54) is 5.56 Å². The van der Waals surface area contributed by atoms with Crippen LogP contribution in [0, 0.1) is 0 Å². The van der Waals surface area contributed by atoms with Gasteiger partial charge in [-0.05, 0) is 43.4 Å². The zero-order valence-electron chi connectivity index (χ0n) is 9.93. The first kappa shape index (κ1) is 13.2. The Kier molecular flexibility index (Phi) is 4.92. The number of hydrogen-bond acceptors (Lipinski definition) is 4. The number of carbonyl (C=O) groups excluding carboxylic acids is 1. The number of nitrogens with zero attached hydrogens (tertiary/aromatic N) is 1. The SMILES string of the molecule is C[C@@H](N)C(=O)NCC(c1ccsc1)N(C)C. The summed E-state index contributed by atoms with van der Waals surface area (Å²) < 4.78 is 0. The van der Waals surface area contributed by atoms with Crippen LogP contribution in [0.1, 0.15) is 18.5 Å². The molecule has 1 unspecified atom stereocenters. The Morgan fingerprint density at radius 1 is 1.62 bits per heavy atom. The van der Waals surface area contributed by atoms with Crippen LogP contribution in [0.2, 0.25) is 0 Å². The first-order valence-electron chi connectivity index (χ1n) is 5.24. The average Bonchev–Trinajstić information content (AvgIpc) is 2.70. The lowest BCUT2D eigenvalue weighted by Gasteiger charge is -2.24. The number of carbonyl (C=O) groups is 1. The molecule has 1 amide bonds. The molecule has 0 saturated heterocycles. The second-order valence-electron chi connectivity index (χ2n) is 4.07. The lowest BCUT2D eigenvalue weighted by Crippen LogP contribution is -2.42. The minimum absolute atomic E-state index is 0.109. The first-order valence-corrected chi connectivity index (χ1v) is 6.18. The summed E-state index contributed by atoms with van der Waals surface area (Å²) in [6.07, 6.45) is 0. The summed E-state index contributed by atoms with van der Waals surface area (Å²) in [6, 6.07) is 1.83. The third-order valence-corrected chi connectivity index (χ3v) is 3.14. The average molecular weight is 241 g/mol. The maximum Gasteiger partial charge on any atom is 0.236 e. The van der Waals surface area contributed by atoms with Crippen LogP contribution >= 0.6 is 11.3 Å². The highest BCUT2D eigenvalue weighted by Gasteiger charge is 2.16. The number of nitrogens with two attached hydrogens (primary N) is 1. The fourth-order valence-corrected chi connectivity index (χ4v) is 2.13. The van der Waals surface area contributed by atoms with Crippen molar-refractivity contribution in [3.63, 3.8) is 0 Å². The van der Waals surface area contributed by atoms with Crippen molar-refractivity contribution >= 4 is 17.2 Å². The van der Waals surface area contributed by atoms with Crippen LogP contribution in [0.3, 0.4) is 0 Å². The maximum atomic E-state index is 11.4. The predicted molar refractivity (Wildman–Crippen MR) is 67.4 cm³/mol. The summed E-state index contributed by atoms with van der Waals surface area (Å²) in [5, 5.41) is 6.99. The van der Waals surface area contributed by atoms with Gasteiger partial charge in [0.05, 0.1) is 12.1 Å². The van der Waals surface area contributed by atoms with Crippen molar-refractivity contribution in [2.75, 3.05) is 20.6 Å². The Morgan fingerprint density at radius 2 is 2.31 bits per heavy atom. The lowest BCUT2D eigenvalue weighted by atomic mass is 10.1. The van der Waals surface area contributed by atoms with Crippen LogP contribution in [-0.4, -0.2) is 37.5 Å². The molecule has 5 heteroatoms. The predicted octanol–water partition coefficient (Wildman–Crippen LogP) is 0.814. The molecule has 0 radical (unpaired) electrons. The van der Waals surface area contributed by atoms with Gasteiger partial charge in [-0.25, -0.2) is 0 Å². The summed E-state index contributed by atoms with van der Waals surface area (Å²) in [5.74, 6) is -0.109. The Labute approximate surface area is 100 Å². The molecule has 0 saturated carbocycles. The molecule has 0 spiro atoms. The number of hydrogen-bond donors (Lipinski definition) is 2. The van der Waals surface area contributed by atoms with E-state index in [1.807, 2.05) is 19.5 Å². The fourth-order valence-electron chi connectivity index (χ4n) is 1.42. The number of amides is 1. The van der Waals surface area contributed by atoms with Gasteiger partial charge < -0.3 is 16.0 Å². The van der Waals surface area contributed by atoms with Crippen molar-refractivity contribution in [3.05, 3.63) is 22.4 Å². The van der Waals surface area contributed by atoms with Crippen molar-refractivity contribution < 1.29 is 4.79 Å². The highest BCUT2D eigenvalue weighted by molar-refractivity contribution is 7.07. The Balaban J connectivity index is 2.57. The normalized spacial score (nSPS) is 14.8. The van der Waals surface area contributed by atoms with E-state index in [0.29, 0.717) is 6.54 Å². The van der Waals surface area contributed by atoms with Gasteiger partial charge in [-0.3, -0.25) is 4.79 Å². The van der Waals surface area contributed by atoms with Gasteiger partial charge in [0.2, 0.25) is 5.91 Å². The van der Waals surface area contributed by atoms with E-state index in [-0.39, 0.29) is 11.9 Å². The monoisotopic (exact) mass is 241 g/mol. The van der Waals surface area contributed by atoms with Gasteiger partial charge in [0.25, 0.3) is 0 Å². The summed E-state index contributed by atoms with van der Waals surface area (Å²) in [6.45, 7) is 2.27. The lowest BCUT2D eigenvalue weighted by molar-refractivity contribution is -0.122. The number of rotatable bonds is 5. The van der Waals surface area contributed by atoms with Crippen molar-refractivity contribution in [3.8, 4) is 0 Å². The van der Waals surface area contributed by atoms with Crippen LogP contribution in [0.5, 0.6) is 0 Å². The van der Waals surface area contributed by atoms with Crippen molar-refractivity contribution in [1.82, 2.24) is 10.2 Å². The Hall–Kier alpha value is -0.910. The van der Waals surface area contributed by atoms with Gasteiger partial charge in [-0.15, -0.1) is 0 Å². The smallest absolute Gasteiger partial charge is 0.236 e. The molecule has 0 aromatic carbocycles. The molecule has 0 aliphatic heterocycles. The molecular formula is C11H19N3OS. The molecule has 2 atom stereocenters. The van der Waals surface area contributed by atoms with E-state index < -0.39 is 6.04 Å². The molecule has 1 aromatic rings. The molecule has 16 heavy (non-hydrogen) atoms. The van der Waals surface area contributed by atoms with E-state index in [1.54, 1.807) is 18.3 Å². The van der Waals surface area contributed by atoms with Crippen LogP contribution in [0.4, 0.5) is 0 Å². The molecule has 4 nitrogen and oxygen atoms in total. The van der Waals surface area contributed by atoms with E-state index in [9.17, 15) is 4.79 Å². The summed E-state index contributed by atoms with van der Waals surface area (Å²) in [7, 11) is 4.00. The minimum Gasteiger partial charge on any atom is -0.353 e. The molecule has 1 rings (SSSR count). The zero-order valence-corrected chi connectivity index (χ0v) is 10.8. The van der Waals surface area contributed by atoms with Crippen molar-refractivity contribution in [2.45, 2.75) is 19.0 Å². The highest BCUT2D eigenvalue weighted by Crippen LogP contribution is 2.19. The molecule has 1 heterocycles. The van der Waals surface area contributed by atoms with Gasteiger partial charge in [-0.2, -0.15) is 11.3 Å². The summed E-state index contributed by atoms with van der Waals surface area (Å²) >= 11 is 1.66. The summed E-state index contributed by atoms with van der Waals surface area (Å²) in [5.41, 5.74) is 6.72. The van der Waals surface area contributed by atoms with Gasteiger partial charge in [0, 0.05) is 6.54 Å². The molecule has 0 aliphatic carbocycles. The van der Waals surface area contributed by atoms with Crippen molar-refractivity contribution in [2.24, 2.45) is 5.73 Å². The maximum absolute atomic E-state index is 11.4. The highest BCUT2D eigenvalue weighted by atomic mass is 32.1. The summed E-state index contributed by atoms with van der Waals surface area (Å²) in [4.78, 5) is 13.5. The van der Waals surface area contributed by atoms with Gasteiger partial charge in [0.15, 0.2) is 0 Å². The molecule has 0 fully saturated rings. The standard InChI is InChI=1S/C11H19N3OS/c1-8(12)11(15)13-6-10(14(2)3)9-4-5-16-7-9/h4-5,7-8,10H,6,12H2,1-3H3,(H,13,15)/t8-,10?/m1/s1. The minimum atomic E-state index is -0.453. The quantitative estimate of drug-likeness (QED) is 0.802. The number of likely N-dealkylation sites (N-methyl/N-ethyl adjacent to an activating group) is 1. The second kappa shape index (κ2) is 5.98. The molecule has 1 aromatic heterocycles. The third-order valence-electron chi connectivity index (χ3n) is 2.43. The molecule has 3 N–H and O–H groups in total. The van der Waals surface area contributed by atoms with Gasteiger partial charge in [0.1, 0.15) is 0 Å². The number of nitrogens with one attached hydrogen (secondary N) is 1. The van der Waals surface area contributed by atoms with E-state index in [4.69, 9.17) is 5.73 Å².